The molecule has 202 valence electrons. The van der Waals surface area contributed by atoms with E-state index in [1.165, 1.54) is 5.56 Å². The zero-order valence-corrected chi connectivity index (χ0v) is 20.9. The van der Waals surface area contributed by atoms with Crippen LogP contribution in [-0.2, 0) is 22.4 Å². The number of aliphatic hydroxyl groups is 1. The lowest BCUT2D eigenvalue weighted by molar-refractivity contribution is -0.143. The van der Waals surface area contributed by atoms with E-state index in [1.54, 1.807) is 30.3 Å². The summed E-state index contributed by atoms with van der Waals surface area (Å²) < 4.78 is 25.7. The summed E-state index contributed by atoms with van der Waals surface area (Å²) in [4.78, 5) is 30.6. The number of aliphatic carboxylic acids is 1. The fourth-order valence-corrected chi connectivity index (χ4v) is 4.37. The Morgan fingerprint density at radius 2 is 1.81 bits per heavy atom. The minimum Gasteiger partial charge on any atom is -0.480 e. The molecule has 37 heavy (non-hydrogen) atoms. The van der Waals surface area contributed by atoms with Gasteiger partial charge in [0.2, 0.25) is 6.43 Å². The largest absolute Gasteiger partial charge is 0.480 e. The lowest BCUT2D eigenvalue weighted by Gasteiger charge is -2.25. The van der Waals surface area contributed by atoms with Crippen LogP contribution in [-0.4, -0.2) is 70.6 Å². The Morgan fingerprint density at radius 1 is 1.05 bits per heavy atom. The van der Waals surface area contributed by atoms with Crippen LogP contribution in [0.5, 0.6) is 0 Å². The van der Waals surface area contributed by atoms with Gasteiger partial charge in [0.15, 0.2) is 6.10 Å². The summed E-state index contributed by atoms with van der Waals surface area (Å²) in [6.07, 6.45) is 0.226. The summed E-state index contributed by atoms with van der Waals surface area (Å²) in [7, 11) is 0. The number of hydrogen-bond acceptors (Lipinski definition) is 6. The molecule has 10 heteroatoms. The Kier molecular flexibility index (Phi) is 11.2. The highest BCUT2D eigenvalue weighted by Crippen LogP contribution is 2.20. The number of anilines is 1. The number of carboxylic acid groups (broad SMARTS) is 1. The Bertz CT molecular complexity index is 1010. The summed E-state index contributed by atoms with van der Waals surface area (Å²) in [5.74, 6) is -1.11. The molecule has 1 aromatic carbocycles. The Hall–Kier alpha value is -3.11. The lowest BCUT2D eigenvalue weighted by atomic mass is 10.1. The van der Waals surface area contributed by atoms with Crippen LogP contribution in [0, 0.1) is 0 Å². The summed E-state index contributed by atoms with van der Waals surface area (Å²) in [5, 5.41) is 25.5. The van der Waals surface area contributed by atoms with Crippen molar-refractivity contribution in [2.45, 2.75) is 63.5 Å². The van der Waals surface area contributed by atoms with Crippen molar-refractivity contribution in [2.75, 3.05) is 31.5 Å². The molecule has 0 aliphatic carbocycles. The van der Waals surface area contributed by atoms with Gasteiger partial charge in [0.25, 0.3) is 5.91 Å². The molecule has 0 bridgehead atoms. The molecule has 1 aliphatic heterocycles. The molecule has 1 amide bonds. The van der Waals surface area contributed by atoms with E-state index < -0.39 is 30.4 Å². The van der Waals surface area contributed by atoms with E-state index in [4.69, 9.17) is 0 Å². The standard InChI is InChI=1S/C27H36F2N4O4/c28-23(29)14-18-33(16-5-4-10-21-12-11-20-9-6-15-30-25(20)31-21)17-13-22(27(36)37)32-26(35)24(34)19-7-2-1-3-8-19/h1-3,7-8,11-12,22-24,34H,4-6,9-10,13-18H2,(H,30,31)(H,32,35)(H,36,37)/t22?,24-/m0/s1. The molecule has 2 aromatic rings. The first kappa shape index (κ1) is 28.5. The SMILES string of the molecule is O=C(O)C(CCN(CCCCc1ccc2c(n1)NCCC2)CCC(F)F)NC(=O)[C@@H](O)c1ccccc1. The number of nitrogens with zero attached hydrogens (tertiary/aromatic N) is 2. The lowest BCUT2D eigenvalue weighted by Crippen LogP contribution is -2.45. The highest BCUT2D eigenvalue weighted by atomic mass is 19.3. The van der Waals surface area contributed by atoms with Gasteiger partial charge in [-0.1, -0.05) is 36.4 Å². The van der Waals surface area contributed by atoms with E-state index in [0.717, 1.165) is 50.2 Å². The molecule has 4 N–H and O–H groups in total. The van der Waals surface area contributed by atoms with Crippen molar-refractivity contribution in [3.05, 3.63) is 59.3 Å². The maximum absolute atomic E-state index is 12.9. The monoisotopic (exact) mass is 518 g/mol. The van der Waals surface area contributed by atoms with E-state index in [0.29, 0.717) is 12.1 Å². The van der Waals surface area contributed by atoms with Crippen LogP contribution in [0.1, 0.15) is 55.0 Å². The van der Waals surface area contributed by atoms with Gasteiger partial charge in [-0.25, -0.2) is 18.6 Å². The van der Waals surface area contributed by atoms with Crippen LogP contribution in [0.3, 0.4) is 0 Å². The van der Waals surface area contributed by atoms with E-state index >= 15 is 0 Å². The van der Waals surface area contributed by atoms with E-state index in [2.05, 4.69) is 21.7 Å². The molecule has 8 nitrogen and oxygen atoms in total. The van der Waals surface area contributed by atoms with Gasteiger partial charge < -0.3 is 25.7 Å². The van der Waals surface area contributed by atoms with Gasteiger partial charge in [-0.2, -0.15) is 0 Å². The number of carboxylic acids is 1. The third-order valence-electron chi connectivity index (χ3n) is 6.48. The normalized spacial score (nSPS) is 14.6. The second-order valence-corrected chi connectivity index (χ2v) is 9.32. The number of carbonyl (C=O) groups excluding carboxylic acids is 1. The molecule has 1 aliphatic rings. The molecule has 1 aromatic heterocycles. The topological polar surface area (TPSA) is 115 Å². The second kappa shape index (κ2) is 14.6. The van der Waals surface area contributed by atoms with Gasteiger partial charge in [-0.3, -0.25) is 4.79 Å². The fourth-order valence-electron chi connectivity index (χ4n) is 4.37. The summed E-state index contributed by atoms with van der Waals surface area (Å²) in [5.41, 5.74) is 2.56. The Balaban J connectivity index is 1.49. The Labute approximate surface area is 216 Å². The third kappa shape index (κ3) is 9.36. The zero-order valence-electron chi connectivity index (χ0n) is 20.9. The van der Waals surface area contributed by atoms with E-state index in [9.17, 15) is 28.6 Å². The fraction of sp³-hybridized carbons (Fsp3) is 0.519. The molecule has 0 fully saturated rings. The van der Waals surface area contributed by atoms with Gasteiger partial charge in [-0.05, 0) is 62.3 Å². The number of hydrogen-bond donors (Lipinski definition) is 4. The number of pyridine rings is 1. The van der Waals surface area contributed by atoms with Gasteiger partial charge >= 0.3 is 5.97 Å². The molecule has 0 radical (unpaired) electrons. The number of fused-ring (bicyclic) bond motifs is 1. The van der Waals surface area contributed by atoms with Crippen molar-refractivity contribution in [3.8, 4) is 0 Å². The van der Waals surface area contributed by atoms with Gasteiger partial charge in [0.05, 0.1) is 0 Å². The van der Waals surface area contributed by atoms with Crippen molar-refractivity contribution in [2.24, 2.45) is 0 Å². The van der Waals surface area contributed by atoms with Crippen molar-refractivity contribution < 1.29 is 28.6 Å². The van der Waals surface area contributed by atoms with Gasteiger partial charge in [0.1, 0.15) is 11.9 Å². The van der Waals surface area contributed by atoms with Crippen LogP contribution in [0.25, 0.3) is 0 Å². The van der Waals surface area contributed by atoms with Crippen LogP contribution in [0.15, 0.2) is 42.5 Å². The predicted molar refractivity (Wildman–Crippen MR) is 137 cm³/mol. The third-order valence-corrected chi connectivity index (χ3v) is 6.48. The number of unbranched alkanes of at least 4 members (excludes halogenated alkanes) is 1. The average molecular weight is 519 g/mol. The first-order valence-corrected chi connectivity index (χ1v) is 12.8. The zero-order chi connectivity index (χ0) is 26.6. The first-order valence-electron chi connectivity index (χ1n) is 12.8. The Morgan fingerprint density at radius 3 is 2.54 bits per heavy atom. The molecule has 2 heterocycles. The molecule has 0 saturated carbocycles. The molecule has 1 unspecified atom stereocenters. The number of aryl methyl sites for hydroxylation is 2. The number of aliphatic hydroxyl groups excluding tert-OH is 1. The van der Waals surface area contributed by atoms with Crippen molar-refractivity contribution >= 4 is 17.7 Å². The minimum atomic E-state index is -2.45. The number of benzene rings is 1. The second-order valence-electron chi connectivity index (χ2n) is 9.32. The average Bonchev–Trinajstić information content (AvgIpc) is 2.90. The number of rotatable bonds is 15. The van der Waals surface area contributed by atoms with Crippen LogP contribution in [0.4, 0.5) is 14.6 Å². The summed E-state index contributed by atoms with van der Waals surface area (Å²) >= 11 is 0. The smallest absolute Gasteiger partial charge is 0.326 e. The maximum atomic E-state index is 12.9. The quantitative estimate of drug-likeness (QED) is 0.267. The van der Waals surface area contributed by atoms with Gasteiger partial charge in [-0.15, -0.1) is 0 Å². The highest BCUT2D eigenvalue weighted by Gasteiger charge is 2.25. The number of alkyl halides is 2. The van der Waals surface area contributed by atoms with Crippen molar-refractivity contribution in [1.82, 2.24) is 15.2 Å². The van der Waals surface area contributed by atoms with Crippen LogP contribution in [0.2, 0.25) is 0 Å². The van der Waals surface area contributed by atoms with E-state index in [-0.39, 0.29) is 25.9 Å². The molecular weight excluding hydrogens is 482 g/mol. The molecule has 0 spiro atoms. The molecule has 2 atom stereocenters. The van der Waals surface area contributed by atoms with Gasteiger partial charge in [0, 0.05) is 31.7 Å². The maximum Gasteiger partial charge on any atom is 0.326 e. The number of nitrogens with one attached hydrogen (secondary N) is 2. The van der Waals surface area contributed by atoms with Crippen LogP contribution >= 0.6 is 0 Å². The summed E-state index contributed by atoms with van der Waals surface area (Å²) in [6, 6.07) is 11.1. The highest BCUT2D eigenvalue weighted by molar-refractivity contribution is 5.86. The number of carbonyl (C=O) groups is 2. The number of aromatic nitrogens is 1. The van der Waals surface area contributed by atoms with Crippen molar-refractivity contribution in [1.29, 1.82) is 0 Å². The first-order chi connectivity index (χ1) is 17.8. The van der Waals surface area contributed by atoms with E-state index in [1.807, 2.05) is 11.0 Å². The van der Waals surface area contributed by atoms with Crippen molar-refractivity contribution in [3.63, 3.8) is 0 Å². The molecule has 0 saturated heterocycles. The number of halogens is 2. The summed E-state index contributed by atoms with van der Waals surface area (Å²) in [6.45, 7) is 1.81. The van der Waals surface area contributed by atoms with Crippen LogP contribution < -0.4 is 10.6 Å². The minimum absolute atomic E-state index is 0.0316. The predicted octanol–water partition coefficient (Wildman–Crippen LogP) is 3.41. The molecular formula is C27H36F2N4O4. The molecule has 3 rings (SSSR count). The number of amides is 1.